The maximum absolute atomic E-state index is 4.04. The van der Waals surface area contributed by atoms with E-state index >= 15 is 0 Å². The van der Waals surface area contributed by atoms with Crippen molar-refractivity contribution in [2.24, 2.45) is 5.10 Å². The van der Waals surface area contributed by atoms with Crippen molar-refractivity contribution < 1.29 is 0 Å². The predicted octanol–water partition coefficient (Wildman–Crippen LogP) is 2.53. The number of allylic oxidation sites excluding steroid dienone is 3. The van der Waals surface area contributed by atoms with Gasteiger partial charge in [0.05, 0.1) is 0 Å². The molecule has 0 saturated carbocycles. The van der Waals surface area contributed by atoms with Gasteiger partial charge < -0.3 is 0 Å². The molecule has 2 heteroatoms. The Morgan fingerprint density at radius 1 is 1.55 bits per heavy atom. The van der Waals surface area contributed by atoms with E-state index in [1.54, 1.807) is 23.5 Å². The monoisotopic (exact) mass is 150 g/mol. The SMILES string of the molecule is C=C/C=C\N(/N=C\C)C(=C)C. The number of rotatable bonds is 4. The molecule has 60 valence electrons. The third kappa shape index (κ3) is 4.14. The molecule has 0 amide bonds. The molecule has 2 nitrogen and oxygen atoms in total. The van der Waals surface area contributed by atoms with Crippen molar-refractivity contribution in [3.05, 3.63) is 37.2 Å². The third-order valence-electron chi connectivity index (χ3n) is 0.994. The fourth-order valence-electron chi connectivity index (χ4n) is 0.531. The molecule has 0 N–H and O–H groups in total. The van der Waals surface area contributed by atoms with Crippen LogP contribution >= 0.6 is 0 Å². The molecule has 0 spiro atoms. The van der Waals surface area contributed by atoms with Crippen LogP contribution in [0.3, 0.4) is 0 Å². The minimum atomic E-state index is 0.876. The van der Waals surface area contributed by atoms with Gasteiger partial charge in [-0.05, 0) is 19.9 Å². The van der Waals surface area contributed by atoms with Crippen molar-refractivity contribution in [2.45, 2.75) is 13.8 Å². The van der Waals surface area contributed by atoms with Gasteiger partial charge in [0.1, 0.15) is 0 Å². The van der Waals surface area contributed by atoms with Crippen LogP contribution in [-0.2, 0) is 0 Å². The number of hydrogen-bond acceptors (Lipinski definition) is 2. The van der Waals surface area contributed by atoms with Gasteiger partial charge in [0.2, 0.25) is 0 Å². The second kappa shape index (κ2) is 5.47. The Morgan fingerprint density at radius 3 is 2.55 bits per heavy atom. The van der Waals surface area contributed by atoms with Gasteiger partial charge in [-0.25, -0.2) is 5.01 Å². The lowest BCUT2D eigenvalue weighted by Crippen LogP contribution is -2.04. The maximum Gasteiger partial charge on any atom is 0.0316 e. The Hall–Kier alpha value is -1.31. The van der Waals surface area contributed by atoms with Crippen LogP contribution in [0.25, 0.3) is 0 Å². The molecule has 0 aliphatic rings. The van der Waals surface area contributed by atoms with E-state index in [4.69, 9.17) is 0 Å². The van der Waals surface area contributed by atoms with Crippen molar-refractivity contribution >= 4 is 6.21 Å². The quantitative estimate of drug-likeness (QED) is 0.341. The molecule has 0 unspecified atom stereocenters. The lowest BCUT2D eigenvalue weighted by Gasteiger charge is -2.11. The van der Waals surface area contributed by atoms with Gasteiger partial charge in [-0.2, -0.15) is 5.10 Å². The molecule has 0 atom stereocenters. The first-order chi connectivity index (χ1) is 5.22. The summed E-state index contributed by atoms with van der Waals surface area (Å²) < 4.78 is 0. The lowest BCUT2D eigenvalue weighted by molar-refractivity contribution is 0.504. The van der Waals surface area contributed by atoms with E-state index in [1.807, 2.05) is 19.9 Å². The normalized spacial score (nSPS) is 10.7. The van der Waals surface area contributed by atoms with Crippen molar-refractivity contribution in [2.75, 3.05) is 0 Å². The first-order valence-electron chi connectivity index (χ1n) is 3.45. The Morgan fingerprint density at radius 2 is 2.18 bits per heavy atom. The molecule has 0 bridgehead atoms. The summed E-state index contributed by atoms with van der Waals surface area (Å²) in [4.78, 5) is 0. The smallest absolute Gasteiger partial charge is 0.0316 e. The Balaban J connectivity index is 4.21. The number of hydrazone groups is 1. The zero-order valence-corrected chi connectivity index (χ0v) is 7.12. The summed E-state index contributed by atoms with van der Waals surface area (Å²) in [6, 6.07) is 0. The first-order valence-corrected chi connectivity index (χ1v) is 3.45. The van der Waals surface area contributed by atoms with Gasteiger partial charge in [0.15, 0.2) is 0 Å². The average Bonchev–Trinajstić information content (AvgIpc) is 1.97. The Labute approximate surface area is 68.2 Å². The molecular weight excluding hydrogens is 136 g/mol. The van der Waals surface area contributed by atoms with Gasteiger partial charge in [-0.15, -0.1) is 0 Å². The maximum atomic E-state index is 4.04. The highest BCUT2D eigenvalue weighted by Crippen LogP contribution is 2.00. The molecule has 0 aliphatic carbocycles. The van der Waals surface area contributed by atoms with E-state index in [2.05, 4.69) is 18.3 Å². The number of nitrogens with zero attached hydrogens (tertiary/aromatic N) is 2. The Kier molecular flexibility index (Phi) is 4.82. The largest absolute Gasteiger partial charge is 0.246 e. The van der Waals surface area contributed by atoms with Crippen molar-refractivity contribution in [3.8, 4) is 0 Å². The molecule has 0 aromatic carbocycles. The fourth-order valence-corrected chi connectivity index (χ4v) is 0.531. The molecule has 0 fully saturated rings. The van der Waals surface area contributed by atoms with E-state index in [9.17, 15) is 0 Å². The molecule has 0 rings (SSSR count). The highest BCUT2D eigenvalue weighted by Gasteiger charge is 1.91. The summed E-state index contributed by atoms with van der Waals surface area (Å²) >= 11 is 0. The van der Waals surface area contributed by atoms with Crippen LogP contribution in [0.2, 0.25) is 0 Å². The van der Waals surface area contributed by atoms with Crippen LogP contribution in [0.1, 0.15) is 13.8 Å². The summed E-state index contributed by atoms with van der Waals surface area (Å²) in [6.45, 7) is 11.1. The summed E-state index contributed by atoms with van der Waals surface area (Å²) in [5, 5.41) is 5.72. The van der Waals surface area contributed by atoms with E-state index in [1.165, 1.54) is 0 Å². The summed E-state index contributed by atoms with van der Waals surface area (Å²) in [5.74, 6) is 0. The standard InChI is InChI=1S/C9H14N2/c1-5-7-8-11(9(3)4)10-6-2/h5-8H,1,3H2,2,4H3/b8-7-,10-6-. The zero-order valence-electron chi connectivity index (χ0n) is 7.12. The van der Waals surface area contributed by atoms with E-state index in [0.29, 0.717) is 0 Å². The minimum Gasteiger partial charge on any atom is -0.246 e. The van der Waals surface area contributed by atoms with Crippen LogP contribution in [-0.4, -0.2) is 11.2 Å². The Bertz CT molecular complexity index is 190. The van der Waals surface area contributed by atoms with Crippen LogP contribution in [0, 0.1) is 0 Å². The van der Waals surface area contributed by atoms with Gasteiger partial charge in [0.25, 0.3) is 0 Å². The van der Waals surface area contributed by atoms with Crippen LogP contribution < -0.4 is 0 Å². The highest BCUT2D eigenvalue weighted by molar-refractivity contribution is 5.53. The van der Waals surface area contributed by atoms with E-state index in [-0.39, 0.29) is 0 Å². The van der Waals surface area contributed by atoms with Crippen LogP contribution in [0.5, 0.6) is 0 Å². The van der Waals surface area contributed by atoms with Crippen molar-refractivity contribution in [1.82, 2.24) is 5.01 Å². The lowest BCUT2D eigenvalue weighted by atomic mass is 10.5. The number of hydrogen-bond donors (Lipinski definition) is 0. The first kappa shape index (κ1) is 9.69. The fraction of sp³-hybridized carbons (Fsp3) is 0.222. The second-order valence-corrected chi connectivity index (χ2v) is 2.03. The molecule has 0 aliphatic heterocycles. The van der Waals surface area contributed by atoms with Crippen LogP contribution in [0.15, 0.2) is 42.3 Å². The average molecular weight is 150 g/mol. The molecule has 0 aromatic rings. The highest BCUT2D eigenvalue weighted by atomic mass is 15.4. The van der Waals surface area contributed by atoms with Crippen LogP contribution in [0.4, 0.5) is 0 Å². The third-order valence-corrected chi connectivity index (χ3v) is 0.994. The summed E-state index contributed by atoms with van der Waals surface area (Å²) in [5.41, 5.74) is 0.876. The molecule has 11 heavy (non-hydrogen) atoms. The predicted molar refractivity (Wildman–Crippen MR) is 50.2 cm³/mol. The van der Waals surface area contributed by atoms with E-state index < -0.39 is 0 Å². The van der Waals surface area contributed by atoms with Gasteiger partial charge in [-0.1, -0.05) is 19.2 Å². The van der Waals surface area contributed by atoms with Gasteiger partial charge >= 0.3 is 0 Å². The molecule has 0 saturated heterocycles. The summed E-state index contributed by atoms with van der Waals surface area (Å²) in [6.07, 6.45) is 7.01. The minimum absolute atomic E-state index is 0.876. The molecule has 0 radical (unpaired) electrons. The molecule has 0 heterocycles. The molecule has 0 aromatic heterocycles. The van der Waals surface area contributed by atoms with Crippen molar-refractivity contribution in [3.63, 3.8) is 0 Å². The van der Waals surface area contributed by atoms with Gasteiger partial charge in [-0.3, -0.25) is 0 Å². The second-order valence-electron chi connectivity index (χ2n) is 2.03. The van der Waals surface area contributed by atoms with E-state index in [0.717, 1.165) is 5.70 Å². The van der Waals surface area contributed by atoms with Gasteiger partial charge in [0, 0.05) is 18.1 Å². The summed E-state index contributed by atoms with van der Waals surface area (Å²) in [7, 11) is 0. The zero-order chi connectivity index (χ0) is 8.69. The topological polar surface area (TPSA) is 15.6 Å². The van der Waals surface area contributed by atoms with Crippen molar-refractivity contribution in [1.29, 1.82) is 0 Å². The molecular formula is C9H14N2.